The third kappa shape index (κ3) is 3.38. The molecular formula is C27H24ClNO5. The zero-order valence-corrected chi connectivity index (χ0v) is 19.3. The smallest absolute Gasteiger partial charge is 0.338 e. The van der Waals surface area contributed by atoms with E-state index in [9.17, 15) is 19.2 Å². The Hall–Kier alpha value is -2.99. The van der Waals surface area contributed by atoms with E-state index in [-0.39, 0.29) is 34.5 Å². The summed E-state index contributed by atoms with van der Waals surface area (Å²) in [7, 11) is 0. The predicted molar refractivity (Wildman–Crippen MR) is 125 cm³/mol. The molecule has 0 N–H and O–H groups in total. The molecule has 1 heterocycles. The Balaban J connectivity index is 1.16. The zero-order chi connectivity index (χ0) is 23.6. The van der Waals surface area contributed by atoms with Crippen molar-refractivity contribution in [3.63, 3.8) is 0 Å². The van der Waals surface area contributed by atoms with E-state index in [2.05, 4.69) is 0 Å². The third-order valence-electron chi connectivity index (χ3n) is 8.17. The van der Waals surface area contributed by atoms with E-state index < -0.39 is 17.8 Å². The van der Waals surface area contributed by atoms with Crippen molar-refractivity contribution < 1.29 is 23.9 Å². The Morgan fingerprint density at radius 3 is 2.09 bits per heavy atom. The van der Waals surface area contributed by atoms with Crippen LogP contribution in [0.2, 0.25) is 5.02 Å². The summed E-state index contributed by atoms with van der Waals surface area (Å²) in [4.78, 5) is 52.7. The molecule has 7 rings (SSSR count). The lowest BCUT2D eigenvalue weighted by Crippen LogP contribution is -2.51. The molecule has 0 spiro atoms. The summed E-state index contributed by atoms with van der Waals surface area (Å²) in [6.45, 7) is -0.244. The first-order chi connectivity index (χ1) is 16.3. The normalized spacial score (nSPS) is 28.9. The van der Waals surface area contributed by atoms with Crippen molar-refractivity contribution in [3.05, 3.63) is 64.2 Å². The van der Waals surface area contributed by atoms with Crippen LogP contribution in [0.25, 0.3) is 0 Å². The SMILES string of the molecule is O=C(OCC(=O)C12CC3CC(CC(C3)C1)C2)c1ccc2c(c1)C(=O)N(c1ccc(Cl)cc1)C2=O. The first kappa shape index (κ1) is 21.5. The number of fused-ring (bicyclic) bond motifs is 1. The number of halogens is 1. The van der Waals surface area contributed by atoms with E-state index in [0.717, 1.165) is 24.2 Å². The second-order valence-electron chi connectivity index (χ2n) is 10.4. The maximum atomic E-state index is 13.1. The molecule has 6 nitrogen and oxygen atoms in total. The van der Waals surface area contributed by atoms with E-state index in [1.54, 1.807) is 24.3 Å². The number of carbonyl (C=O) groups excluding carboxylic acids is 4. The number of anilines is 1. The quantitative estimate of drug-likeness (QED) is 0.443. The number of Topliss-reactive ketones (excluding diaryl/α,β-unsaturated/α-hetero) is 1. The van der Waals surface area contributed by atoms with Crippen molar-refractivity contribution in [2.75, 3.05) is 11.5 Å². The minimum atomic E-state index is -0.661. The molecule has 5 aliphatic rings. The van der Waals surface area contributed by atoms with Gasteiger partial charge in [0.25, 0.3) is 11.8 Å². The van der Waals surface area contributed by atoms with Crippen molar-refractivity contribution in [1.29, 1.82) is 0 Å². The average molecular weight is 478 g/mol. The van der Waals surface area contributed by atoms with Crippen LogP contribution < -0.4 is 4.90 Å². The molecular weight excluding hydrogens is 454 g/mol. The van der Waals surface area contributed by atoms with Gasteiger partial charge in [-0.05, 0) is 98.7 Å². The molecule has 0 radical (unpaired) electrons. The van der Waals surface area contributed by atoms with Gasteiger partial charge in [-0.25, -0.2) is 9.69 Å². The molecule has 0 saturated heterocycles. The summed E-state index contributed by atoms with van der Waals surface area (Å²) < 4.78 is 5.41. The maximum Gasteiger partial charge on any atom is 0.338 e. The average Bonchev–Trinajstić information content (AvgIpc) is 3.06. The van der Waals surface area contributed by atoms with Gasteiger partial charge in [0, 0.05) is 10.4 Å². The third-order valence-corrected chi connectivity index (χ3v) is 8.42. The maximum absolute atomic E-state index is 13.1. The van der Waals surface area contributed by atoms with Crippen molar-refractivity contribution in [3.8, 4) is 0 Å². The summed E-state index contributed by atoms with van der Waals surface area (Å²) in [6.07, 6.45) is 6.48. The van der Waals surface area contributed by atoms with Crippen LogP contribution in [0.15, 0.2) is 42.5 Å². The number of rotatable bonds is 5. The monoisotopic (exact) mass is 477 g/mol. The van der Waals surface area contributed by atoms with Crippen LogP contribution in [0.4, 0.5) is 5.69 Å². The highest BCUT2D eigenvalue weighted by atomic mass is 35.5. The van der Waals surface area contributed by atoms with E-state index in [1.165, 1.54) is 37.5 Å². The van der Waals surface area contributed by atoms with Gasteiger partial charge in [0.15, 0.2) is 12.4 Å². The molecule has 4 bridgehead atoms. The van der Waals surface area contributed by atoms with Crippen molar-refractivity contribution >= 4 is 40.9 Å². The summed E-state index contributed by atoms with van der Waals surface area (Å²) in [5.41, 5.74) is 0.592. The first-order valence-corrected chi connectivity index (χ1v) is 12.2. The molecule has 2 aromatic carbocycles. The van der Waals surface area contributed by atoms with Crippen LogP contribution in [0.5, 0.6) is 0 Å². The standard InChI is InChI=1S/C27H24ClNO5/c28-19-2-4-20(5-3-19)29-24(31)21-6-1-18(10-22(21)25(29)32)26(33)34-14-23(30)27-11-15-7-16(12-27)9-17(8-15)13-27/h1-6,10,15-17H,7-9,11-14H2. The fourth-order valence-corrected chi connectivity index (χ4v) is 7.14. The van der Waals surface area contributed by atoms with Crippen molar-refractivity contribution in [2.24, 2.45) is 23.2 Å². The van der Waals surface area contributed by atoms with Gasteiger partial charge in [-0.15, -0.1) is 0 Å². The van der Waals surface area contributed by atoms with E-state index in [4.69, 9.17) is 16.3 Å². The molecule has 0 aromatic heterocycles. The topological polar surface area (TPSA) is 80.8 Å². The zero-order valence-electron chi connectivity index (χ0n) is 18.6. The molecule has 0 unspecified atom stereocenters. The number of benzene rings is 2. The van der Waals surface area contributed by atoms with Gasteiger partial charge in [-0.2, -0.15) is 0 Å². The lowest BCUT2D eigenvalue weighted by molar-refractivity contribution is -0.147. The highest BCUT2D eigenvalue weighted by molar-refractivity contribution is 6.35. The number of hydrogen-bond donors (Lipinski definition) is 0. The minimum absolute atomic E-state index is 0.0290. The molecule has 2 aromatic rings. The van der Waals surface area contributed by atoms with Gasteiger partial charge in [0.2, 0.25) is 0 Å². The van der Waals surface area contributed by atoms with Gasteiger partial charge < -0.3 is 4.74 Å². The Kier molecular flexibility index (Phi) is 4.92. The fraction of sp³-hybridized carbons (Fsp3) is 0.407. The van der Waals surface area contributed by atoms with E-state index in [1.807, 2.05) is 0 Å². The molecule has 174 valence electrons. The molecule has 4 saturated carbocycles. The second kappa shape index (κ2) is 7.77. The van der Waals surface area contributed by atoms with Crippen LogP contribution >= 0.6 is 11.6 Å². The van der Waals surface area contributed by atoms with Crippen LogP contribution in [0.1, 0.15) is 69.6 Å². The summed E-state index contributed by atoms with van der Waals surface area (Å²) >= 11 is 5.91. The second-order valence-corrected chi connectivity index (χ2v) is 10.8. The Labute approximate surface area is 202 Å². The Morgan fingerprint density at radius 2 is 1.47 bits per heavy atom. The molecule has 7 heteroatoms. The number of amides is 2. The summed E-state index contributed by atoms with van der Waals surface area (Å²) in [5.74, 6) is 0.299. The Morgan fingerprint density at radius 1 is 0.882 bits per heavy atom. The fourth-order valence-electron chi connectivity index (χ4n) is 7.01. The number of ether oxygens (including phenoxy) is 1. The lowest BCUT2D eigenvalue weighted by atomic mass is 9.48. The highest BCUT2D eigenvalue weighted by Gasteiger charge is 2.54. The number of nitrogens with zero attached hydrogens (tertiary/aromatic N) is 1. The van der Waals surface area contributed by atoms with Gasteiger partial charge in [-0.1, -0.05) is 11.6 Å². The largest absolute Gasteiger partial charge is 0.454 e. The van der Waals surface area contributed by atoms with Gasteiger partial charge >= 0.3 is 5.97 Å². The molecule has 2 amide bonds. The summed E-state index contributed by atoms with van der Waals surface area (Å²) in [6, 6.07) is 10.7. The first-order valence-electron chi connectivity index (χ1n) is 11.8. The molecule has 1 aliphatic heterocycles. The van der Waals surface area contributed by atoms with Crippen LogP contribution in [-0.4, -0.2) is 30.2 Å². The lowest BCUT2D eigenvalue weighted by Gasteiger charge is -2.55. The van der Waals surface area contributed by atoms with Crippen LogP contribution in [0.3, 0.4) is 0 Å². The molecule has 4 fully saturated rings. The van der Waals surface area contributed by atoms with E-state index >= 15 is 0 Å². The molecule has 0 atom stereocenters. The van der Waals surface area contributed by atoms with Crippen molar-refractivity contribution in [1.82, 2.24) is 0 Å². The van der Waals surface area contributed by atoms with Gasteiger partial charge in [-0.3, -0.25) is 14.4 Å². The Bertz CT molecular complexity index is 1200. The van der Waals surface area contributed by atoms with Crippen LogP contribution in [0, 0.1) is 23.2 Å². The molecule has 34 heavy (non-hydrogen) atoms. The number of ketones is 1. The number of hydrogen-bond acceptors (Lipinski definition) is 5. The number of carbonyl (C=O) groups is 4. The summed E-state index contributed by atoms with van der Waals surface area (Å²) in [5, 5.41) is 0.494. The molecule has 4 aliphatic carbocycles. The van der Waals surface area contributed by atoms with Gasteiger partial charge in [0.1, 0.15) is 0 Å². The number of esters is 1. The highest BCUT2D eigenvalue weighted by Crippen LogP contribution is 2.60. The minimum Gasteiger partial charge on any atom is -0.454 e. The number of imide groups is 1. The van der Waals surface area contributed by atoms with E-state index in [0.29, 0.717) is 28.5 Å². The van der Waals surface area contributed by atoms with Crippen LogP contribution in [-0.2, 0) is 9.53 Å². The van der Waals surface area contributed by atoms with Gasteiger partial charge in [0.05, 0.1) is 22.4 Å². The van der Waals surface area contributed by atoms with Crippen molar-refractivity contribution in [2.45, 2.75) is 38.5 Å². The predicted octanol–water partition coefficient (Wildman–Crippen LogP) is 5.08.